The molecule has 30 heavy (non-hydrogen) atoms. The lowest BCUT2D eigenvalue weighted by Gasteiger charge is -2.11. The molecule has 0 fully saturated rings. The van der Waals surface area contributed by atoms with Crippen LogP contribution < -0.4 is 0 Å². The normalized spacial score (nSPS) is 13.1. The molecule has 0 aliphatic carbocycles. The Kier molecular flexibility index (Phi) is 20.2. The van der Waals surface area contributed by atoms with Crippen molar-refractivity contribution in [2.45, 2.75) is 78.4 Å². The Balaban J connectivity index is 3.37. The number of rotatable bonds is 21. The van der Waals surface area contributed by atoms with E-state index in [9.17, 15) is 9.59 Å². The Morgan fingerprint density at radius 3 is 1.33 bits per heavy atom. The average Bonchev–Trinajstić information content (AvgIpc) is 2.74. The van der Waals surface area contributed by atoms with Gasteiger partial charge in [0.25, 0.3) is 0 Å². The number of hydrogen-bond donors (Lipinski definition) is 0. The summed E-state index contributed by atoms with van der Waals surface area (Å²) in [6, 6.07) is 0. The highest BCUT2D eigenvalue weighted by atomic mass is 16.6. The number of ether oxygens (including phenoxy) is 6. The van der Waals surface area contributed by atoms with Crippen molar-refractivity contribution in [2.75, 3.05) is 52.9 Å². The summed E-state index contributed by atoms with van der Waals surface area (Å²) in [7, 11) is 0. The van der Waals surface area contributed by atoms with Crippen LogP contribution in [-0.4, -0.2) is 77.0 Å². The van der Waals surface area contributed by atoms with Gasteiger partial charge in [-0.25, -0.2) is 0 Å². The highest BCUT2D eigenvalue weighted by molar-refractivity contribution is 5.70. The first-order valence-corrected chi connectivity index (χ1v) is 11.2. The second-order valence-corrected chi connectivity index (χ2v) is 7.05. The Morgan fingerprint density at radius 2 is 0.967 bits per heavy atom. The largest absolute Gasteiger partial charge is 0.463 e. The maximum Gasteiger partial charge on any atom is 0.305 e. The van der Waals surface area contributed by atoms with Crippen molar-refractivity contribution in [2.24, 2.45) is 0 Å². The Bertz CT molecular complexity index is 378. The molecule has 0 amide bonds. The minimum Gasteiger partial charge on any atom is -0.463 e. The molecule has 0 saturated carbocycles. The van der Waals surface area contributed by atoms with Gasteiger partial charge in [0.05, 0.1) is 51.8 Å². The van der Waals surface area contributed by atoms with Gasteiger partial charge in [0.15, 0.2) is 0 Å². The molecule has 8 nitrogen and oxygen atoms in total. The van der Waals surface area contributed by atoms with Crippen LogP contribution in [0.4, 0.5) is 0 Å². The maximum absolute atomic E-state index is 11.6. The van der Waals surface area contributed by atoms with E-state index >= 15 is 0 Å². The van der Waals surface area contributed by atoms with E-state index in [2.05, 4.69) is 13.8 Å². The van der Waals surface area contributed by atoms with Crippen molar-refractivity contribution < 1.29 is 38.0 Å². The quantitative estimate of drug-likeness (QED) is 0.201. The van der Waals surface area contributed by atoms with Gasteiger partial charge in [0, 0.05) is 12.8 Å². The lowest BCUT2D eigenvalue weighted by Crippen LogP contribution is -2.15. The first kappa shape index (κ1) is 28.8. The van der Waals surface area contributed by atoms with Crippen LogP contribution in [0.3, 0.4) is 0 Å². The zero-order valence-corrected chi connectivity index (χ0v) is 19.3. The molecule has 0 aliphatic heterocycles. The van der Waals surface area contributed by atoms with Gasteiger partial charge in [-0.2, -0.15) is 0 Å². The summed E-state index contributed by atoms with van der Waals surface area (Å²) in [5, 5.41) is 0. The molecule has 2 atom stereocenters. The molecule has 0 saturated heterocycles. The molecule has 178 valence electrons. The van der Waals surface area contributed by atoms with Gasteiger partial charge in [0.1, 0.15) is 13.2 Å². The molecule has 0 radical (unpaired) electrons. The third-order valence-electron chi connectivity index (χ3n) is 4.40. The first-order valence-electron chi connectivity index (χ1n) is 11.2. The number of unbranched alkanes of at least 4 members (excludes halogenated alkanes) is 1. The first-order chi connectivity index (χ1) is 14.5. The van der Waals surface area contributed by atoms with Gasteiger partial charge < -0.3 is 28.4 Å². The minimum absolute atomic E-state index is 0.229. The van der Waals surface area contributed by atoms with E-state index in [1.165, 1.54) is 0 Å². The van der Waals surface area contributed by atoms with Crippen LogP contribution in [0.25, 0.3) is 0 Å². The summed E-state index contributed by atoms with van der Waals surface area (Å²) in [6.45, 7) is 11.4. The molecule has 0 spiro atoms. The molecule has 0 N–H and O–H groups in total. The van der Waals surface area contributed by atoms with Crippen LogP contribution in [0.5, 0.6) is 0 Å². The van der Waals surface area contributed by atoms with Crippen LogP contribution in [0.2, 0.25) is 0 Å². The van der Waals surface area contributed by atoms with Crippen LogP contribution in [-0.2, 0) is 38.0 Å². The molecule has 0 bridgehead atoms. The maximum atomic E-state index is 11.6. The van der Waals surface area contributed by atoms with Crippen molar-refractivity contribution >= 4 is 11.9 Å². The summed E-state index contributed by atoms with van der Waals surface area (Å²) in [5.41, 5.74) is 0. The third-order valence-corrected chi connectivity index (χ3v) is 4.40. The Labute approximate surface area is 181 Å². The van der Waals surface area contributed by atoms with Crippen LogP contribution >= 0.6 is 0 Å². The van der Waals surface area contributed by atoms with Gasteiger partial charge in [-0.05, 0) is 39.5 Å². The Morgan fingerprint density at radius 1 is 0.600 bits per heavy atom. The monoisotopic (exact) mass is 434 g/mol. The molecule has 0 aliphatic rings. The van der Waals surface area contributed by atoms with E-state index in [0.29, 0.717) is 52.5 Å². The fraction of sp³-hybridized carbons (Fsp3) is 0.909. The van der Waals surface area contributed by atoms with Gasteiger partial charge in [0.2, 0.25) is 0 Å². The van der Waals surface area contributed by atoms with E-state index in [1.54, 1.807) is 0 Å². The highest BCUT2D eigenvalue weighted by Gasteiger charge is 2.06. The van der Waals surface area contributed by atoms with E-state index < -0.39 is 0 Å². The van der Waals surface area contributed by atoms with Crippen molar-refractivity contribution in [3.8, 4) is 0 Å². The molecular formula is C22H42O8. The van der Waals surface area contributed by atoms with Gasteiger partial charge in [-0.3, -0.25) is 9.59 Å². The molecule has 8 heteroatoms. The molecule has 0 heterocycles. The number of carbonyl (C=O) groups excluding carboxylic acids is 2. The van der Waals surface area contributed by atoms with Crippen molar-refractivity contribution in [1.29, 1.82) is 0 Å². The predicted molar refractivity (Wildman–Crippen MR) is 113 cm³/mol. The lowest BCUT2D eigenvalue weighted by atomic mass is 10.2. The van der Waals surface area contributed by atoms with Crippen molar-refractivity contribution in [3.63, 3.8) is 0 Å². The van der Waals surface area contributed by atoms with E-state index in [4.69, 9.17) is 28.4 Å². The average molecular weight is 435 g/mol. The summed E-state index contributed by atoms with van der Waals surface area (Å²) in [4.78, 5) is 23.2. The zero-order valence-electron chi connectivity index (χ0n) is 19.3. The second kappa shape index (κ2) is 21.0. The van der Waals surface area contributed by atoms with Gasteiger partial charge >= 0.3 is 11.9 Å². The molecule has 2 unspecified atom stereocenters. The van der Waals surface area contributed by atoms with Gasteiger partial charge in [-0.1, -0.05) is 13.8 Å². The standard InChI is InChI=1S/C22H42O8/c1-5-19(3)27-15-11-25-13-17-29-21(23)9-7-8-10-22(24)30-18-14-26-12-16-28-20(4)6-2/h19-20H,5-18H2,1-4H3. The molecule has 0 aromatic rings. The van der Waals surface area contributed by atoms with E-state index in [0.717, 1.165) is 12.8 Å². The molecule has 0 aromatic carbocycles. The molecule has 0 rings (SSSR count). The van der Waals surface area contributed by atoms with Crippen molar-refractivity contribution in [3.05, 3.63) is 0 Å². The van der Waals surface area contributed by atoms with E-state index in [1.807, 2.05) is 13.8 Å². The van der Waals surface area contributed by atoms with E-state index in [-0.39, 0.29) is 50.2 Å². The second-order valence-electron chi connectivity index (χ2n) is 7.05. The SMILES string of the molecule is CCC(C)OCCOCCOC(=O)CCCCC(=O)OCCOCCOC(C)CC. The highest BCUT2D eigenvalue weighted by Crippen LogP contribution is 2.03. The van der Waals surface area contributed by atoms with Crippen molar-refractivity contribution in [1.82, 2.24) is 0 Å². The molecule has 0 aromatic heterocycles. The minimum atomic E-state index is -0.282. The smallest absolute Gasteiger partial charge is 0.305 e. The predicted octanol–water partition coefficient (Wildman–Crippen LogP) is 3.30. The fourth-order valence-electron chi connectivity index (χ4n) is 2.17. The fourth-order valence-corrected chi connectivity index (χ4v) is 2.17. The third kappa shape index (κ3) is 20.1. The number of carbonyl (C=O) groups is 2. The Hall–Kier alpha value is -1.22. The topological polar surface area (TPSA) is 89.5 Å². The van der Waals surface area contributed by atoms with Crippen LogP contribution in [0, 0.1) is 0 Å². The molecular weight excluding hydrogens is 392 g/mol. The van der Waals surface area contributed by atoms with Gasteiger partial charge in [-0.15, -0.1) is 0 Å². The number of hydrogen-bond acceptors (Lipinski definition) is 8. The summed E-state index contributed by atoms with van der Waals surface area (Å²) in [6.07, 6.45) is 4.14. The number of esters is 2. The summed E-state index contributed by atoms with van der Waals surface area (Å²) < 4.78 is 31.8. The van der Waals surface area contributed by atoms with Crippen LogP contribution in [0.15, 0.2) is 0 Å². The van der Waals surface area contributed by atoms with Crippen LogP contribution in [0.1, 0.15) is 66.2 Å². The zero-order chi connectivity index (χ0) is 22.5. The summed E-state index contributed by atoms with van der Waals surface area (Å²) in [5.74, 6) is -0.563. The summed E-state index contributed by atoms with van der Waals surface area (Å²) >= 11 is 0. The lowest BCUT2D eigenvalue weighted by molar-refractivity contribution is -0.147.